The van der Waals surface area contributed by atoms with Crippen molar-refractivity contribution in [2.45, 2.75) is 329 Å². The molecule has 0 aliphatic heterocycles. The fraction of sp³-hybridized carbons (Fsp3) is 0.757. The number of rotatable bonds is 59. The highest BCUT2D eigenvalue weighted by Crippen LogP contribution is 2.17. The smallest absolute Gasteiger partial charge is 0.306 e. The van der Waals surface area contributed by atoms with E-state index in [1.807, 2.05) is 0 Å². The maximum Gasteiger partial charge on any atom is 0.306 e. The Morgan fingerprint density at radius 1 is 0.276 bits per heavy atom. The average molecular weight is 1060 g/mol. The van der Waals surface area contributed by atoms with E-state index in [0.717, 1.165) is 103 Å². The summed E-state index contributed by atoms with van der Waals surface area (Å²) in [7, 11) is 0. The predicted octanol–water partition coefficient (Wildman–Crippen LogP) is 22.3. The Morgan fingerprint density at radius 2 is 0.513 bits per heavy atom. The Balaban J connectivity index is 4.13. The van der Waals surface area contributed by atoms with Crippen LogP contribution < -0.4 is 0 Å². The summed E-state index contributed by atoms with van der Waals surface area (Å²) in [5, 5.41) is 0. The highest BCUT2D eigenvalue weighted by molar-refractivity contribution is 5.71. The second-order valence-electron chi connectivity index (χ2n) is 21.6. The fourth-order valence-electron chi connectivity index (χ4n) is 9.27. The number of carbonyl (C=O) groups excluding carboxylic acids is 3. The van der Waals surface area contributed by atoms with Gasteiger partial charge in [-0.05, 0) is 96.3 Å². The van der Waals surface area contributed by atoms with Gasteiger partial charge in [-0.15, -0.1) is 0 Å². The van der Waals surface area contributed by atoms with Crippen LogP contribution in [-0.2, 0) is 28.6 Å². The van der Waals surface area contributed by atoms with Crippen molar-refractivity contribution in [3.8, 4) is 0 Å². The maximum absolute atomic E-state index is 12.9. The molecule has 1 unspecified atom stereocenters. The summed E-state index contributed by atoms with van der Waals surface area (Å²) in [5.41, 5.74) is 0. The van der Waals surface area contributed by atoms with Crippen LogP contribution in [0.25, 0.3) is 0 Å². The summed E-state index contributed by atoms with van der Waals surface area (Å²) in [4.78, 5) is 38.2. The summed E-state index contributed by atoms with van der Waals surface area (Å²) >= 11 is 0. The van der Waals surface area contributed by atoms with Gasteiger partial charge < -0.3 is 14.2 Å². The van der Waals surface area contributed by atoms with Crippen molar-refractivity contribution in [1.82, 2.24) is 0 Å². The second-order valence-corrected chi connectivity index (χ2v) is 21.6. The van der Waals surface area contributed by atoms with E-state index >= 15 is 0 Å². The average Bonchev–Trinajstić information content (AvgIpc) is 3.42. The van der Waals surface area contributed by atoms with Crippen molar-refractivity contribution in [1.29, 1.82) is 0 Å². The molecule has 6 nitrogen and oxygen atoms in total. The van der Waals surface area contributed by atoms with E-state index in [2.05, 4.69) is 106 Å². The number of carbonyl (C=O) groups is 3. The van der Waals surface area contributed by atoms with E-state index in [0.29, 0.717) is 19.3 Å². The number of hydrogen-bond acceptors (Lipinski definition) is 6. The van der Waals surface area contributed by atoms with Crippen molar-refractivity contribution >= 4 is 17.9 Å². The Bertz CT molecular complexity index is 1450. The summed E-state index contributed by atoms with van der Waals surface area (Å²) in [5.74, 6) is -0.873. The third-order valence-corrected chi connectivity index (χ3v) is 14.1. The first-order chi connectivity index (χ1) is 37.5. The maximum atomic E-state index is 12.9. The minimum Gasteiger partial charge on any atom is -0.462 e. The lowest BCUT2D eigenvalue weighted by Crippen LogP contribution is -2.30. The molecule has 0 spiro atoms. The monoisotopic (exact) mass is 1060 g/mol. The van der Waals surface area contributed by atoms with Crippen LogP contribution in [0.3, 0.4) is 0 Å². The molecule has 0 saturated heterocycles. The SMILES string of the molecule is CC/C=C\C/C=C\C/C=C\C/C=C\C/C=C\CCCCCCCCCCCCCCCCCC(=O)OCC(COC(=O)CCCCCCCCCCC)OC(=O)CCCCCCCCC/C=C\C/C=C\CCCCCC. The lowest BCUT2D eigenvalue weighted by atomic mass is 10.0. The molecule has 1 atom stereocenters. The molecule has 0 aliphatic carbocycles. The van der Waals surface area contributed by atoms with E-state index in [4.69, 9.17) is 14.2 Å². The van der Waals surface area contributed by atoms with Crippen LogP contribution >= 0.6 is 0 Å². The van der Waals surface area contributed by atoms with Crippen molar-refractivity contribution in [2.24, 2.45) is 0 Å². The van der Waals surface area contributed by atoms with Crippen LogP contribution in [0.4, 0.5) is 0 Å². The van der Waals surface area contributed by atoms with Gasteiger partial charge in [0.25, 0.3) is 0 Å². The van der Waals surface area contributed by atoms with Gasteiger partial charge in [-0.3, -0.25) is 14.4 Å². The normalized spacial score (nSPS) is 12.6. The summed E-state index contributed by atoms with van der Waals surface area (Å²) in [6.07, 6.45) is 84.6. The molecule has 0 radical (unpaired) electrons. The molecule has 0 heterocycles. The highest BCUT2D eigenvalue weighted by atomic mass is 16.6. The molecule has 0 aromatic carbocycles. The van der Waals surface area contributed by atoms with Crippen LogP contribution in [-0.4, -0.2) is 37.2 Å². The fourth-order valence-corrected chi connectivity index (χ4v) is 9.27. The summed E-state index contributed by atoms with van der Waals surface area (Å²) in [6, 6.07) is 0. The lowest BCUT2D eigenvalue weighted by molar-refractivity contribution is -0.167. The molecule has 76 heavy (non-hydrogen) atoms. The molecule has 0 saturated carbocycles. The van der Waals surface area contributed by atoms with E-state index < -0.39 is 6.10 Å². The number of ether oxygens (including phenoxy) is 3. The first-order valence-electron chi connectivity index (χ1n) is 32.6. The molecule has 0 aromatic heterocycles. The van der Waals surface area contributed by atoms with E-state index in [1.165, 1.54) is 180 Å². The van der Waals surface area contributed by atoms with Gasteiger partial charge in [-0.2, -0.15) is 0 Å². The first kappa shape index (κ1) is 72.6. The molecule has 438 valence electrons. The Hall–Kier alpha value is -3.41. The highest BCUT2D eigenvalue weighted by Gasteiger charge is 2.19. The molecule has 0 aliphatic rings. The molecule has 0 fully saturated rings. The summed E-state index contributed by atoms with van der Waals surface area (Å²) < 4.78 is 16.9. The van der Waals surface area contributed by atoms with Crippen molar-refractivity contribution in [2.75, 3.05) is 13.2 Å². The largest absolute Gasteiger partial charge is 0.462 e. The molecule has 0 amide bonds. The van der Waals surface area contributed by atoms with Gasteiger partial charge in [0.1, 0.15) is 13.2 Å². The van der Waals surface area contributed by atoms with Crippen LogP contribution in [0.15, 0.2) is 85.1 Å². The molecular formula is C70H122O6. The number of hydrogen-bond donors (Lipinski definition) is 0. The third-order valence-electron chi connectivity index (χ3n) is 14.1. The van der Waals surface area contributed by atoms with Crippen molar-refractivity contribution in [3.63, 3.8) is 0 Å². The van der Waals surface area contributed by atoms with Gasteiger partial charge >= 0.3 is 17.9 Å². The summed E-state index contributed by atoms with van der Waals surface area (Å²) in [6.45, 7) is 6.51. The molecule has 0 N–H and O–H groups in total. The van der Waals surface area contributed by atoms with E-state index in [-0.39, 0.29) is 31.1 Å². The lowest BCUT2D eigenvalue weighted by Gasteiger charge is -2.18. The predicted molar refractivity (Wildman–Crippen MR) is 330 cm³/mol. The van der Waals surface area contributed by atoms with E-state index in [1.54, 1.807) is 0 Å². The Labute approximate surface area is 471 Å². The van der Waals surface area contributed by atoms with Gasteiger partial charge in [-0.25, -0.2) is 0 Å². The molecule has 0 aromatic rings. The van der Waals surface area contributed by atoms with E-state index in [9.17, 15) is 14.4 Å². The first-order valence-corrected chi connectivity index (χ1v) is 32.6. The minimum atomic E-state index is -0.777. The van der Waals surface area contributed by atoms with Gasteiger partial charge in [0.2, 0.25) is 0 Å². The Kier molecular flexibility index (Phi) is 61.2. The van der Waals surface area contributed by atoms with Crippen molar-refractivity contribution in [3.05, 3.63) is 85.1 Å². The van der Waals surface area contributed by atoms with Gasteiger partial charge in [0, 0.05) is 19.3 Å². The topological polar surface area (TPSA) is 78.9 Å². The zero-order valence-corrected chi connectivity index (χ0v) is 50.3. The number of esters is 3. The molecular weight excluding hydrogens is 937 g/mol. The third kappa shape index (κ3) is 61.4. The quantitative estimate of drug-likeness (QED) is 0.0261. The van der Waals surface area contributed by atoms with Crippen LogP contribution in [0.1, 0.15) is 323 Å². The Morgan fingerprint density at radius 3 is 0.816 bits per heavy atom. The number of allylic oxidation sites excluding steroid dienone is 14. The van der Waals surface area contributed by atoms with Crippen LogP contribution in [0.5, 0.6) is 0 Å². The zero-order chi connectivity index (χ0) is 55.0. The van der Waals surface area contributed by atoms with Gasteiger partial charge in [-0.1, -0.05) is 292 Å². The van der Waals surface area contributed by atoms with Crippen LogP contribution in [0, 0.1) is 0 Å². The van der Waals surface area contributed by atoms with Gasteiger partial charge in [0.15, 0.2) is 6.10 Å². The van der Waals surface area contributed by atoms with Crippen LogP contribution in [0.2, 0.25) is 0 Å². The van der Waals surface area contributed by atoms with Gasteiger partial charge in [0.05, 0.1) is 0 Å². The second kappa shape index (κ2) is 64.1. The number of unbranched alkanes of at least 4 members (excludes halogenated alkanes) is 34. The molecule has 0 bridgehead atoms. The van der Waals surface area contributed by atoms with Crippen molar-refractivity contribution < 1.29 is 28.6 Å². The molecule has 6 heteroatoms. The zero-order valence-electron chi connectivity index (χ0n) is 50.3. The molecule has 0 rings (SSSR count). The minimum absolute atomic E-state index is 0.0756. The standard InChI is InChI=1S/C70H122O6/c1-4-7-10-13-16-19-21-23-25-27-29-30-31-32-33-34-35-36-37-38-39-40-41-43-44-46-48-51-54-57-60-63-69(72)75-66-67(65-74-68(71)62-59-56-53-50-18-15-12-9-6-3)76-70(73)64-61-58-55-52-49-47-45-42-28-26-24-22-20-17-14-11-8-5-2/h7,10,16,19-20,22-23,25-26,28-30,32-33,67H,4-6,8-9,11-15,17-18,21,24,27,31,34-66H2,1-3H3/b10-7-,19-16-,22-20-,25-23-,28-26-,30-29-,33-32-.